The van der Waals surface area contributed by atoms with Crippen molar-refractivity contribution < 1.29 is 9.47 Å². The van der Waals surface area contributed by atoms with Gasteiger partial charge in [0.25, 0.3) is 0 Å². The molecule has 1 aliphatic rings. The molecule has 1 rings (SSSR count). The third kappa shape index (κ3) is 13.2. The third-order valence-electron chi connectivity index (χ3n) is 4.05. The van der Waals surface area contributed by atoms with E-state index in [4.69, 9.17) is 9.47 Å². The molecule has 0 aromatic rings. The molecule has 23 heavy (non-hydrogen) atoms. The lowest BCUT2D eigenvalue weighted by Crippen LogP contribution is -2.22. The van der Waals surface area contributed by atoms with Crippen LogP contribution in [0.5, 0.6) is 0 Å². The van der Waals surface area contributed by atoms with E-state index in [-0.39, 0.29) is 6.29 Å². The van der Waals surface area contributed by atoms with Crippen LogP contribution in [0.1, 0.15) is 90.4 Å². The first-order chi connectivity index (χ1) is 11.4. The highest BCUT2D eigenvalue weighted by Crippen LogP contribution is 2.14. The van der Waals surface area contributed by atoms with E-state index in [1.807, 2.05) is 6.92 Å². The molecule has 0 unspecified atom stereocenters. The Kier molecular flexibility index (Phi) is 13.9. The normalized spacial score (nSPS) is 17.0. The smallest absolute Gasteiger partial charge is 0.157 e. The van der Waals surface area contributed by atoms with Crippen LogP contribution in [0.4, 0.5) is 0 Å². The maximum absolute atomic E-state index is 5.75. The van der Waals surface area contributed by atoms with Gasteiger partial charge in [-0.2, -0.15) is 0 Å². The molecule has 0 N–H and O–H groups in total. The molecule has 2 heteroatoms. The van der Waals surface area contributed by atoms with Gasteiger partial charge in [0, 0.05) is 26.1 Å². The zero-order valence-corrected chi connectivity index (χ0v) is 15.0. The van der Waals surface area contributed by atoms with Gasteiger partial charge in [-0.05, 0) is 43.9 Å². The highest BCUT2D eigenvalue weighted by atomic mass is 16.7. The zero-order chi connectivity index (χ0) is 16.4. The van der Waals surface area contributed by atoms with E-state index >= 15 is 0 Å². The minimum absolute atomic E-state index is 0.0832. The third-order valence-corrected chi connectivity index (χ3v) is 4.05. The summed E-state index contributed by atoms with van der Waals surface area (Å²) in [6.45, 7) is 3.79. The molecular formula is C21H34O2. The fraction of sp³-hybridized carbons (Fsp3) is 0.810. The second-order valence-corrected chi connectivity index (χ2v) is 6.20. The molecule has 2 nitrogen and oxygen atoms in total. The van der Waals surface area contributed by atoms with Gasteiger partial charge < -0.3 is 9.47 Å². The van der Waals surface area contributed by atoms with Crippen molar-refractivity contribution in [3.8, 4) is 23.7 Å². The van der Waals surface area contributed by atoms with E-state index in [0.29, 0.717) is 0 Å². The molecule has 0 aromatic carbocycles. The lowest BCUT2D eigenvalue weighted by Gasteiger charge is -2.22. The van der Waals surface area contributed by atoms with Crippen molar-refractivity contribution in [2.45, 2.75) is 96.7 Å². The van der Waals surface area contributed by atoms with Crippen LogP contribution in [0, 0.1) is 23.7 Å². The first-order valence-corrected chi connectivity index (χ1v) is 9.62. The van der Waals surface area contributed by atoms with Gasteiger partial charge in [0.15, 0.2) is 6.29 Å². The Hall–Kier alpha value is -0.960. The van der Waals surface area contributed by atoms with Crippen molar-refractivity contribution in [1.29, 1.82) is 0 Å². The molecule has 130 valence electrons. The van der Waals surface area contributed by atoms with Gasteiger partial charge in [-0.1, -0.05) is 57.3 Å². The molecule has 1 aliphatic heterocycles. The number of unbranched alkanes of at least 4 members (excludes halogenated alkanes) is 8. The van der Waals surface area contributed by atoms with Crippen LogP contribution in [0.25, 0.3) is 0 Å². The van der Waals surface area contributed by atoms with Gasteiger partial charge in [0.05, 0.1) is 0 Å². The summed E-state index contributed by atoms with van der Waals surface area (Å²) < 4.78 is 11.3. The number of hydrogen-bond donors (Lipinski definition) is 0. The number of hydrogen-bond acceptors (Lipinski definition) is 2. The fourth-order valence-corrected chi connectivity index (χ4v) is 2.67. The standard InChI is InChI=1S/C21H34O2/c1-2-3-4-5-6-7-8-9-10-11-12-13-14-16-19-22-21-18-15-17-20-23-21/h21H,2,7-20H2,1H3/t21-/m0/s1. The van der Waals surface area contributed by atoms with Crippen molar-refractivity contribution in [3.05, 3.63) is 0 Å². The lowest BCUT2D eigenvalue weighted by atomic mass is 10.1. The van der Waals surface area contributed by atoms with E-state index < -0.39 is 0 Å². The average molecular weight is 319 g/mol. The van der Waals surface area contributed by atoms with Crippen molar-refractivity contribution >= 4 is 0 Å². The average Bonchev–Trinajstić information content (AvgIpc) is 2.59. The van der Waals surface area contributed by atoms with Gasteiger partial charge >= 0.3 is 0 Å². The van der Waals surface area contributed by atoms with Gasteiger partial charge in [0.1, 0.15) is 0 Å². The second kappa shape index (κ2) is 15.9. The molecule has 1 atom stereocenters. The topological polar surface area (TPSA) is 18.5 Å². The Labute approximate surface area is 143 Å². The maximum Gasteiger partial charge on any atom is 0.157 e. The maximum atomic E-state index is 5.75. The molecule has 1 heterocycles. The van der Waals surface area contributed by atoms with E-state index in [1.165, 1.54) is 64.2 Å². The van der Waals surface area contributed by atoms with Crippen LogP contribution >= 0.6 is 0 Å². The van der Waals surface area contributed by atoms with Crippen LogP contribution in [0.3, 0.4) is 0 Å². The van der Waals surface area contributed by atoms with Crippen LogP contribution in [-0.2, 0) is 9.47 Å². The summed E-state index contributed by atoms with van der Waals surface area (Å²) in [6, 6.07) is 0. The molecule has 0 bridgehead atoms. The molecule has 0 aliphatic carbocycles. The van der Waals surface area contributed by atoms with Crippen LogP contribution < -0.4 is 0 Å². The zero-order valence-electron chi connectivity index (χ0n) is 15.0. The molecule has 0 amide bonds. The SMILES string of the molecule is CCC#CC#CCCCCCCCCCCO[C@@H]1CCCCO1. The second-order valence-electron chi connectivity index (χ2n) is 6.20. The molecule has 1 saturated heterocycles. The summed E-state index contributed by atoms with van der Waals surface area (Å²) in [6.07, 6.45) is 15.9. The molecule has 0 spiro atoms. The minimum Gasteiger partial charge on any atom is -0.353 e. The first-order valence-electron chi connectivity index (χ1n) is 9.62. The van der Waals surface area contributed by atoms with Crippen LogP contribution in [0.2, 0.25) is 0 Å². The van der Waals surface area contributed by atoms with E-state index in [1.54, 1.807) is 0 Å². The summed E-state index contributed by atoms with van der Waals surface area (Å²) in [5, 5.41) is 0. The Morgan fingerprint density at radius 3 is 2.26 bits per heavy atom. The van der Waals surface area contributed by atoms with Crippen molar-refractivity contribution in [1.82, 2.24) is 0 Å². The quantitative estimate of drug-likeness (QED) is 0.372. The monoisotopic (exact) mass is 318 g/mol. The van der Waals surface area contributed by atoms with Gasteiger partial charge in [-0.3, -0.25) is 0 Å². The van der Waals surface area contributed by atoms with E-state index in [2.05, 4.69) is 23.7 Å². The Morgan fingerprint density at radius 1 is 0.870 bits per heavy atom. The van der Waals surface area contributed by atoms with Gasteiger partial charge in [0.2, 0.25) is 0 Å². The Bertz CT molecular complexity index is 374. The molecule has 0 saturated carbocycles. The van der Waals surface area contributed by atoms with Crippen LogP contribution in [-0.4, -0.2) is 19.5 Å². The van der Waals surface area contributed by atoms with E-state index in [9.17, 15) is 0 Å². The highest BCUT2D eigenvalue weighted by molar-refractivity contribution is 5.25. The largest absolute Gasteiger partial charge is 0.353 e. The van der Waals surface area contributed by atoms with Crippen molar-refractivity contribution in [2.24, 2.45) is 0 Å². The molecule has 0 aromatic heterocycles. The highest BCUT2D eigenvalue weighted by Gasteiger charge is 2.13. The van der Waals surface area contributed by atoms with Crippen molar-refractivity contribution in [2.75, 3.05) is 13.2 Å². The minimum atomic E-state index is 0.0832. The van der Waals surface area contributed by atoms with Gasteiger partial charge in [-0.25, -0.2) is 0 Å². The number of rotatable bonds is 11. The summed E-state index contributed by atoms with van der Waals surface area (Å²) in [5.41, 5.74) is 0. The predicted molar refractivity (Wildman–Crippen MR) is 96.9 cm³/mol. The first kappa shape index (κ1) is 20.1. The van der Waals surface area contributed by atoms with Gasteiger partial charge in [-0.15, -0.1) is 0 Å². The summed E-state index contributed by atoms with van der Waals surface area (Å²) in [5.74, 6) is 11.9. The van der Waals surface area contributed by atoms with E-state index in [0.717, 1.165) is 32.5 Å². The summed E-state index contributed by atoms with van der Waals surface area (Å²) >= 11 is 0. The predicted octanol–water partition coefficient (Wildman–Crippen LogP) is 5.46. The molecular weight excluding hydrogens is 284 g/mol. The Balaban J connectivity index is 1.75. The van der Waals surface area contributed by atoms with Crippen LogP contribution in [0.15, 0.2) is 0 Å². The number of ether oxygens (including phenoxy) is 2. The molecule has 1 fully saturated rings. The summed E-state index contributed by atoms with van der Waals surface area (Å²) in [7, 11) is 0. The van der Waals surface area contributed by atoms with Crippen molar-refractivity contribution in [3.63, 3.8) is 0 Å². The molecule has 0 radical (unpaired) electrons. The Morgan fingerprint density at radius 2 is 1.57 bits per heavy atom. The lowest BCUT2D eigenvalue weighted by molar-refractivity contribution is -0.162. The fourth-order valence-electron chi connectivity index (χ4n) is 2.67. The summed E-state index contributed by atoms with van der Waals surface area (Å²) in [4.78, 5) is 0.